The van der Waals surface area contributed by atoms with E-state index in [-0.39, 0.29) is 5.02 Å². The summed E-state index contributed by atoms with van der Waals surface area (Å²) < 4.78 is 5.56. The van der Waals surface area contributed by atoms with Crippen molar-refractivity contribution in [1.82, 2.24) is 0 Å². The second kappa shape index (κ2) is 6.02. The molecule has 0 unspecified atom stereocenters. The number of ether oxygens (including phenoxy) is 1. The molecule has 19 heavy (non-hydrogen) atoms. The van der Waals surface area contributed by atoms with Gasteiger partial charge in [0.25, 0.3) is 0 Å². The minimum absolute atomic E-state index is 0.284. The molecule has 2 aromatic rings. The van der Waals surface area contributed by atoms with Gasteiger partial charge in [0.05, 0.1) is 20.6 Å². The van der Waals surface area contributed by atoms with Crippen LogP contribution in [0.15, 0.2) is 30.3 Å². The van der Waals surface area contributed by atoms with Gasteiger partial charge in [-0.3, -0.25) is 4.79 Å². The third-order valence-electron chi connectivity index (χ3n) is 2.30. The largest absolute Gasteiger partial charge is 0.455 e. The van der Waals surface area contributed by atoms with E-state index in [1.165, 1.54) is 18.2 Å². The molecule has 6 heteroatoms. The predicted molar refractivity (Wildman–Crippen MR) is 78.4 cm³/mol. The highest BCUT2D eigenvalue weighted by atomic mass is 35.5. The van der Waals surface area contributed by atoms with Gasteiger partial charge in [-0.15, -0.1) is 0 Å². The third kappa shape index (κ3) is 3.34. The van der Waals surface area contributed by atoms with Crippen LogP contribution in [-0.2, 0) is 0 Å². The molecule has 0 fully saturated rings. The Morgan fingerprint density at radius 1 is 0.842 bits per heavy atom. The summed E-state index contributed by atoms with van der Waals surface area (Å²) in [6, 6.07) is 7.60. The average molecular weight is 336 g/mol. The fourth-order valence-electron chi connectivity index (χ4n) is 1.39. The lowest BCUT2D eigenvalue weighted by Gasteiger charge is -2.11. The third-order valence-corrected chi connectivity index (χ3v) is 3.55. The Morgan fingerprint density at radius 3 is 2.21 bits per heavy atom. The van der Waals surface area contributed by atoms with E-state index in [0.717, 1.165) is 0 Å². The highest BCUT2D eigenvalue weighted by molar-refractivity contribution is 6.43. The van der Waals surface area contributed by atoms with Crippen LogP contribution < -0.4 is 4.74 Å². The Labute approximate surface area is 129 Å². The lowest BCUT2D eigenvalue weighted by atomic mass is 10.2. The van der Waals surface area contributed by atoms with E-state index >= 15 is 0 Å². The molecule has 0 radical (unpaired) electrons. The van der Waals surface area contributed by atoms with Gasteiger partial charge in [-0.25, -0.2) is 0 Å². The number of carbonyl (C=O) groups excluding carboxylic acids is 1. The Hall–Kier alpha value is -0.930. The molecule has 2 rings (SSSR count). The molecule has 0 atom stereocenters. The van der Waals surface area contributed by atoms with Crippen LogP contribution in [0.5, 0.6) is 11.5 Å². The fourth-order valence-corrected chi connectivity index (χ4v) is 2.13. The molecular formula is C13H6Cl4O2. The van der Waals surface area contributed by atoms with Gasteiger partial charge >= 0.3 is 0 Å². The molecule has 2 nitrogen and oxygen atoms in total. The zero-order chi connectivity index (χ0) is 14.0. The summed E-state index contributed by atoms with van der Waals surface area (Å²) in [4.78, 5) is 10.9. The summed E-state index contributed by atoms with van der Waals surface area (Å²) >= 11 is 23.6. The molecule has 0 aliphatic heterocycles. The number of carbonyl (C=O) groups is 1. The monoisotopic (exact) mass is 334 g/mol. The van der Waals surface area contributed by atoms with Crippen LogP contribution in [0.1, 0.15) is 10.4 Å². The van der Waals surface area contributed by atoms with Crippen LogP contribution in [0.4, 0.5) is 0 Å². The molecule has 0 saturated heterocycles. The van der Waals surface area contributed by atoms with Crippen molar-refractivity contribution in [1.29, 1.82) is 0 Å². The summed E-state index contributed by atoms with van der Waals surface area (Å²) in [5, 5.41) is 1.35. The number of hydrogen-bond donors (Lipinski definition) is 0. The van der Waals surface area contributed by atoms with Crippen molar-refractivity contribution in [3.05, 3.63) is 56.0 Å². The lowest BCUT2D eigenvalue weighted by molar-refractivity contribution is 0.112. The fraction of sp³-hybridized carbons (Fsp3) is 0. The lowest BCUT2D eigenvalue weighted by Crippen LogP contribution is -1.91. The average Bonchev–Trinajstić information content (AvgIpc) is 2.36. The molecule has 98 valence electrons. The second-order valence-electron chi connectivity index (χ2n) is 3.60. The van der Waals surface area contributed by atoms with E-state index in [0.29, 0.717) is 38.4 Å². The van der Waals surface area contributed by atoms with E-state index in [1.54, 1.807) is 12.1 Å². The van der Waals surface area contributed by atoms with Crippen molar-refractivity contribution >= 4 is 52.7 Å². The maximum absolute atomic E-state index is 10.9. The first kappa shape index (κ1) is 14.5. The van der Waals surface area contributed by atoms with E-state index in [4.69, 9.17) is 51.1 Å². The van der Waals surface area contributed by atoms with Crippen LogP contribution >= 0.6 is 46.4 Å². The molecule has 0 bridgehead atoms. The summed E-state index contributed by atoms with van der Waals surface area (Å²) in [7, 11) is 0. The summed E-state index contributed by atoms with van der Waals surface area (Å²) in [6.45, 7) is 0. The maximum Gasteiger partial charge on any atom is 0.153 e. The van der Waals surface area contributed by atoms with Gasteiger partial charge in [-0.2, -0.15) is 0 Å². The van der Waals surface area contributed by atoms with Crippen LogP contribution in [0.25, 0.3) is 0 Å². The Bertz CT molecular complexity index is 641. The van der Waals surface area contributed by atoms with Crippen molar-refractivity contribution in [2.24, 2.45) is 0 Å². The minimum atomic E-state index is 0.284. The molecular weight excluding hydrogens is 330 g/mol. The molecule has 0 amide bonds. The molecule has 0 aromatic heterocycles. The van der Waals surface area contributed by atoms with Gasteiger partial charge < -0.3 is 4.74 Å². The van der Waals surface area contributed by atoms with Gasteiger partial charge in [0.2, 0.25) is 0 Å². The number of aldehydes is 1. The molecule has 0 aliphatic rings. The molecule has 0 heterocycles. The minimum Gasteiger partial charge on any atom is -0.455 e. The summed E-state index contributed by atoms with van der Waals surface area (Å²) in [5.74, 6) is 0.587. The van der Waals surface area contributed by atoms with Gasteiger partial charge in [0.15, 0.2) is 6.29 Å². The van der Waals surface area contributed by atoms with Crippen LogP contribution in [0, 0.1) is 0 Å². The zero-order valence-corrected chi connectivity index (χ0v) is 12.3. The zero-order valence-electron chi connectivity index (χ0n) is 9.29. The van der Waals surface area contributed by atoms with E-state index in [2.05, 4.69) is 0 Å². The molecule has 0 saturated carbocycles. The topological polar surface area (TPSA) is 26.3 Å². The molecule has 0 N–H and O–H groups in total. The van der Waals surface area contributed by atoms with Gasteiger partial charge in [-0.05, 0) is 18.2 Å². The first-order valence-electron chi connectivity index (χ1n) is 5.08. The molecule has 0 aliphatic carbocycles. The normalized spacial score (nSPS) is 10.3. The van der Waals surface area contributed by atoms with Crippen LogP contribution in [0.3, 0.4) is 0 Å². The summed E-state index contributed by atoms with van der Waals surface area (Å²) in [5.41, 5.74) is 0.353. The SMILES string of the molecule is O=Cc1ccc(Cl)cc1Oc1cc(Cl)c(Cl)cc1Cl. The van der Waals surface area contributed by atoms with Crippen molar-refractivity contribution in [2.75, 3.05) is 0 Å². The Kier molecular flexibility index (Phi) is 4.58. The number of rotatable bonds is 3. The smallest absolute Gasteiger partial charge is 0.153 e. The van der Waals surface area contributed by atoms with Crippen molar-refractivity contribution in [3.63, 3.8) is 0 Å². The number of halogens is 4. The van der Waals surface area contributed by atoms with Crippen molar-refractivity contribution in [3.8, 4) is 11.5 Å². The Balaban J connectivity index is 2.44. The highest BCUT2D eigenvalue weighted by Crippen LogP contribution is 2.37. The molecule has 2 aromatic carbocycles. The van der Waals surface area contributed by atoms with Crippen molar-refractivity contribution < 1.29 is 9.53 Å². The van der Waals surface area contributed by atoms with E-state index < -0.39 is 0 Å². The van der Waals surface area contributed by atoms with E-state index in [9.17, 15) is 4.79 Å². The Morgan fingerprint density at radius 2 is 1.53 bits per heavy atom. The standard InChI is InChI=1S/C13H6Cl4O2/c14-8-2-1-7(6-18)12(3-8)19-13-5-10(16)9(15)4-11(13)17/h1-6H. The predicted octanol–water partition coefficient (Wildman–Crippen LogP) is 5.91. The first-order chi connectivity index (χ1) is 9.01. The van der Waals surface area contributed by atoms with Gasteiger partial charge in [0.1, 0.15) is 11.5 Å². The highest BCUT2D eigenvalue weighted by Gasteiger charge is 2.11. The second-order valence-corrected chi connectivity index (χ2v) is 5.26. The molecule has 0 spiro atoms. The number of hydrogen-bond acceptors (Lipinski definition) is 2. The van der Waals surface area contributed by atoms with Gasteiger partial charge in [0, 0.05) is 17.2 Å². The summed E-state index contributed by atoms with van der Waals surface area (Å²) in [6.07, 6.45) is 0.664. The van der Waals surface area contributed by atoms with E-state index in [1.807, 2.05) is 0 Å². The maximum atomic E-state index is 10.9. The first-order valence-corrected chi connectivity index (χ1v) is 6.59. The van der Waals surface area contributed by atoms with Crippen molar-refractivity contribution in [2.45, 2.75) is 0 Å². The van der Waals surface area contributed by atoms with Crippen LogP contribution in [0.2, 0.25) is 20.1 Å². The van der Waals surface area contributed by atoms with Gasteiger partial charge in [-0.1, -0.05) is 46.4 Å². The quantitative estimate of drug-likeness (QED) is 0.515. The number of benzene rings is 2. The van der Waals surface area contributed by atoms with Crippen LogP contribution in [-0.4, -0.2) is 6.29 Å².